The van der Waals surface area contributed by atoms with Gasteiger partial charge in [0.1, 0.15) is 6.61 Å². The number of aliphatic imine (C=N–C) groups is 1. The van der Waals surface area contributed by atoms with Crippen LogP contribution in [0.15, 0.2) is 47.5 Å². The Kier molecular flexibility index (Phi) is 8.46. The molecule has 5 nitrogen and oxygen atoms in total. The van der Waals surface area contributed by atoms with Gasteiger partial charge in [0.2, 0.25) is 0 Å². The number of hydrogen-bond acceptors (Lipinski definition) is 3. The van der Waals surface area contributed by atoms with Gasteiger partial charge in [0.15, 0.2) is 17.5 Å². The molecule has 0 aliphatic heterocycles. The highest BCUT2D eigenvalue weighted by Gasteiger charge is 2.27. The molecule has 2 aromatic carbocycles. The summed E-state index contributed by atoms with van der Waals surface area (Å²) in [5.74, 6) is 0.223. The fraction of sp³-hybridized carbons (Fsp3) is 0.381. The number of halogens is 4. The molecule has 9 heteroatoms. The maximum absolute atomic E-state index is 13.9. The van der Waals surface area contributed by atoms with Crippen LogP contribution in [0.25, 0.3) is 0 Å². The number of guanidine groups is 1. The van der Waals surface area contributed by atoms with Crippen molar-refractivity contribution in [2.75, 3.05) is 20.8 Å². The zero-order chi connectivity index (χ0) is 22.1. The van der Waals surface area contributed by atoms with Crippen LogP contribution in [0.4, 0.5) is 17.6 Å². The minimum atomic E-state index is -4.35. The average Bonchev–Trinajstić information content (AvgIpc) is 2.70. The third-order valence-electron chi connectivity index (χ3n) is 4.24. The fourth-order valence-corrected chi connectivity index (χ4v) is 2.73. The normalized spacial score (nSPS) is 13.1. The van der Waals surface area contributed by atoms with Crippen molar-refractivity contribution in [3.8, 4) is 5.75 Å². The quantitative estimate of drug-likeness (QED) is 0.374. The van der Waals surface area contributed by atoms with Gasteiger partial charge in [0, 0.05) is 13.6 Å². The monoisotopic (exact) mass is 427 g/mol. The molecule has 2 aromatic rings. The maximum atomic E-state index is 13.9. The lowest BCUT2D eigenvalue weighted by Gasteiger charge is -2.19. The Balaban J connectivity index is 1.91. The third-order valence-corrected chi connectivity index (χ3v) is 4.24. The lowest BCUT2D eigenvalue weighted by molar-refractivity contribution is -0.176. The van der Waals surface area contributed by atoms with Crippen LogP contribution >= 0.6 is 0 Å². The van der Waals surface area contributed by atoms with E-state index in [2.05, 4.69) is 15.6 Å². The molecule has 0 aliphatic rings. The van der Waals surface area contributed by atoms with Crippen LogP contribution in [-0.4, -0.2) is 32.9 Å². The SMILES string of the molecule is CN=C(NCc1cccc(COCC(F)(F)F)c1)NC(C)c1ccc(OC)c(F)c1. The Morgan fingerprint density at radius 1 is 1.13 bits per heavy atom. The number of benzene rings is 2. The lowest BCUT2D eigenvalue weighted by atomic mass is 10.1. The molecule has 164 valence electrons. The van der Waals surface area contributed by atoms with Crippen molar-refractivity contribution < 1.29 is 27.0 Å². The van der Waals surface area contributed by atoms with Crippen molar-refractivity contribution in [2.24, 2.45) is 4.99 Å². The summed E-state index contributed by atoms with van der Waals surface area (Å²) in [7, 11) is 3.01. The van der Waals surface area contributed by atoms with Gasteiger partial charge in [-0.05, 0) is 35.7 Å². The first-order chi connectivity index (χ1) is 14.2. The molecule has 30 heavy (non-hydrogen) atoms. The van der Waals surface area contributed by atoms with Gasteiger partial charge < -0.3 is 20.1 Å². The van der Waals surface area contributed by atoms with Gasteiger partial charge in [-0.3, -0.25) is 4.99 Å². The van der Waals surface area contributed by atoms with E-state index in [1.54, 1.807) is 37.4 Å². The van der Waals surface area contributed by atoms with Crippen LogP contribution in [0, 0.1) is 5.82 Å². The van der Waals surface area contributed by atoms with Gasteiger partial charge in [-0.15, -0.1) is 0 Å². The molecule has 0 saturated heterocycles. The molecule has 2 N–H and O–H groups in total. The molecule has 0 heterocycles. The van der Waals surface area contributed by atoms with E-state index in [-0.39, 0.29) is 18.4 Å². The van der Waals surface area contributed by atoms with Crippen LogP contribution in [0.1, 0.15) is 29.7 Å². The first kappa shape index (κ1) is 23.5. The van der Waals surface area contributed by atoms with E-state index in [0.717, 1.165) is 11.1 Å². The first-order valence-corrected chi connectivity index (χ1v) is 9.24. The molecule has 0 amide bonds. The molecule has 0 radical (unpaired) electrons. The Labute approximate surface area is 173 Å². The summed E-state index contributed by atoms with van der Waals surface area (Å²) < 4.78 is 60.1. The highest BCUT2D eigenvalue weighted by molar-refractivity contribution is 5.80. The van der Waals surface area contributed by atoms with E-state index >= 15 is 0 Å². The second-order valence-electron chi connectivity index (χ2n) is 6.61. The summed E-state index contributed by atoms with van der Waals surface area (Å²) in [4.78, 5) is 4.15. The lowest BCUT2D eigenvalue weighted by Crippen LogP contribution is -2.38. The molecule has 0 saturated carbocycles. The predicted octanol–water partition coefficient (Wildman–Crippen LogP) is 4.34. The van der Waals surface area contributed by atoms with Gasteiger partial charge in [-0.1, -0.05) is 30.3 Å². The van der Waals surface area contributed by atoms with Crippen molar-refractivity contribution in [1.82, 2.24) is 10.6 Å². The summed E-state index contributed by atoms with van der Waals surface area (Å²) in [5.41, 5.74) is 2.22. The van der Waals surface area contributed by atoms with Crippen LogP contribution in [0.2, 0.25) is 0 Å². The number of ether oxygens (including phenoxy) is 2. The standard InChI is InChI=1S/C21H25F4N3O2/c1-14(17-7-8-19(29-3)18(22)10-17)28-20(26-2)27-11-15-5-4-6-16(9-15)12-30-13-21(23,24)25/h4-10,14H,11-13H2,1-3H3,(H2,26,27,28). The van der Waals surface area contributed by atoms with E-state index in [9.17, 15) is 17.6 Å². The van der Waals surface area contributed by atoms with Gasteiger partial charge >= 0.3 is 6.18 Å². The number of rotatable bonds is 8. The largest absolute Gasteiger partial charge is 0.494 e. The number of methoxy groups -OCH3 is 1. The number of hydrogen-bond donors (Lipinski definition) is 2. The van der Waals surface area contributed by atoms with Gasteiger partial charge in [0.05, 0.1) is 19.8 Å². The Morgan fingerprint density at radius 3 is 2.50 bits per heavy atom. The van der Waals surface area contributed by atoms with Crippen molar-refractivity contribution in [2.45, 2.75) is 32.3 Å². The van der Waals surface area contributed by atoms with E-state index in [1.165, 1.54) is 13.2 Å². The van der Waals surface area contributed by atoms with Crippen LogP contribution < -0.4 is 15.4 Å². The predicted molar refractivity (Wildman–Crippen MR) is 107 cm³/mol. The van der Waals surface area contributed by atoms with E-state index in [0.29, 0.717) is 18.1 Å². The van der Waals surface area contributed by atoms with Crippen molar-refractivity contribution in [1.29, 1.82) is 0 Å². The topological polar surface area (TPSA) is 54.9 Å². The molecular formula is C21H25F4N3O2. The Hall–Kier alpha value is -2.81. The smallest absolute Gasteiger partial charge is 0.411 e. The summed E-state index contributed by atoms with van der Waals surface area (Å²) in [6.45, 7) is 0.861. The van der Waals surface area contributed by atoms with E-state index < -0.39 is 18.6 Å². The minimum Gasteiger partial charge on any atom is -0.494 e. The van der Waals surface area contributed by atoms with Gasteiger partial charge in [0.25, 0.3) is 0 Å². The maximum Gasteiger partial charge on any atom is 0.411 e. The summed E-state index contributed by atoms with van der Waals surface area (Å²) >= 11 is 0. The van der Waals surface area contributed by atoms with Gasteiger partial charge in [-0.25, -0.2) is 4.39 Å². The second-order valence-corrected chi connectivity index (χ2v) is 6.61. The first-order valence-electron chi connectivity index (χ1n) is 9.24. The van der Waals surface area contributed by atoms with Crippen LogP contribution in [0.3, 0.4) is 0 Å². The summed E-state index contributed by atoms with van der Waals surface area (Å²) in [6, 6.07) is 11.6. The van der Waals surface area contributed by atoms with E-state index in [4.69, 9.17) is 9.47 Å². The number of alkyl halides is 3. The zero-order valence-corrected chi connectivity index (χ0v) is 17.0. The summed E-state index contributed by atoms with van der Waals surface area (Å²) in [5, 5.41) is 6.30. The molecule has 0 spiro atoms. The molecule has 2 rings (SSSR count). The molecular weight excluding hydrogens is 402 g/mol. The Bertz CT molecular complexity index is 856. The van der Waals surface area contributed by atoms with Crippen LogP contribution in [-0.2, 0) is 17.9 Å². The highest BCUT2D eigenvalue weighted by atomic mass is 19.4. The molecule has 0 aromatic heterocycles. The number of nitrogens with one attached hydrogen (secondary N) is 2. The molecule has 0 fully saturated rings. The van der Waals surface area contributed by atoms with E-state index in [1.807, 2.05) is 13.0 Å². The molecule has 0 aliphatic carbocycles. The summed E-state index contributed by atoms with van der Waals surface area (Å²) in [6.07, 6.45) is -4.35. The van der Waals surface area contributed by atoms with Gasteiger partial charge in [-0.2, -0.15) is 13.2 Å². The fourth-order valence-electron chi connectivity index (χ4n) is 2.73. The van der Waals surface area contributed by atoms with Crippen LogP contribution in [0.5, 0.6) is 5.75 Å². The molecule has 0 bridgehead atoms. The third kappa shape index (κ3) is 7.55. The molecule has 1 atom stereocenters. The van der Waals surface area contributed by atoms with Crippen molar-refractivity contribution >= 4 is 5.96 Å². The zero-order valence-electron chi connectivity index (χ0n) is 17.0. The van der Waals surface area contributed by atoms with Crippen molar-refractivity contribution in [3.63, 3.8) is 0 Å². The molecule has 1 unspecified atom stereocenters. The highest BCUT2D eigenvalue weighted by Crippen LogP contribution is 2.21. The minimum absolute atomic E-state index is 0.125. The van der Waals surface area contributed by atoms with Crippen molar-refractivity contribution in [3.05, 3.63) is 65.0 Å². The average molecular weight is 427 g/mol. The number of nitrogens with zero attached hydrogens (tertiary/aromatic N) is 1. The second kappa shape index (κ2) is 10.8. The Morgan fingerprint density at radius 2 is 1.87 bits per heavy atom.